The maximum atomic E-state index is 4.49. The van der Waals surface area contributed by atoms with Gasteiger partial charge in [-0.25, -0.2) is 0 Å². The molecule has 44 heavy (non-hydrogen) atoms. The molecule has 9 aromatic rings. The quantitative estimate of drug-likeness (QED) is 0.210. The molecule has 0 saturated carbocycles. The molecular weight excluding hydrogens is 534 g/mol. The van der Waals surface area contributed by atoms with Crippen molar-refractivity contribution in [3.05, 3.63) is 164 Å². The van der Waals surface area contributed by atoms with Crippen molar-refractivity contribution in [3.63, 3.8) is 0 Å². The van der Waals surface area contributed by atoms with E-state index in [0.29, 0.717) is 0 Å². The fourth-order valence-electron chi connectivity index (χ4n) is 6.76. The van der Waals surface area contributed by atoms with Gasteiger partial charge >= 0.3 is 0 Å². The predicted octanol–water partition coefficient (Wildman–Crippen LogP) is 10.6. The van der Waals surface area contributed by atoms with Crippen LogP contribution in [0.15, 0.2) is 164 Å². The largest absolute Gasteiger partial charge is 0.309 e. The summed E-state index contributed by atoms with van der Waals surface area (Å²) in [7, 11) is 0. The molecule has 0 atom stereocenters. The predicted molar refractivity (Wildman–Crippen MR) is 184 cm³/mol. The molecule has 0 fully saturated rings. The van der Waals surface area contributed by atoms with Crippen molar-refractivity contribution in [2.24, 2.45) is 0 Å². The zero-order chi connectivity index (χ0) is 29.0. The molecule has 6 aromatic carbocycles. The van der Waals surface area contributed by atoms with E-state index >= 15 is 0 Å². The third-order valence-corrected chi connectivity index (χ3v) is 8.82. The zero-order valence-electron chi connectivity index (χ0n) is 23.9. The number of nitrogens with zero attached hydrogens (tertiary/aromatic N) is 3. The smallest absolute Gasteiger partial charge is 0.0571 e. The highest BCUT2D eigenvalue weighted by Crippen LogP contribution is 2.38. The number of hydrogen-bond donors (Lipinski definition) is 0. The third kappa shape index (κ3) is 3.80. The van der Waals surface area contributed by atoms with Crippen LogP contribution in [0.3, 0.4) is 0 Å². The average Bonchev–Trinajstić information content (AvgIpc) is 3.61. The summed E-state index contributed by atoms with van der Waals surface area (Å²) in [5.41, 5.74) is 11.9. The molecule has 9 rings (SSSR count). The molecule has 0 amide bonds. The van der Waals surface area contributed by atoms with E-state index in [-0.39, 0.29) is 0 Å². The van der Waals surface area contributed by atoms with Crippen LogP contribution in [0, 0.1) is 0 Å². The van der Waals surface area contributed by atoms with Gasteiger partial charge in [0, 0.05) is 45.3 Å². The molecule has 3 heteroatoms. The van der Waals surface area contributed by atoms with Crippen molar-refractivity contribution in [1.29, 1.82) is 0 Å². The van der Waals surface area contributed by atoms with Gasteiger partial charge in [-0.05, 0) is 76.9 Å². The summed E-state index contributed by atoms with van der Waals surface area (Å²) >= 11 is 0. The normalized spacial score (nSPS) is 11.6. The molecule has 0 radical (unpaired) electrons. The Balaban J connectivity index is 1.23. The summed E-state index contributed by atoms with van der Waals surface area (Å²) in [6, 6.07) is 54.5. The number of para-hydroxylation sites is 2. The van der Waals surface area contributed by atoms with Crippen LogP contribution in [0.1, 0.15) is 0 Å². The summed E-state index contributed by atoms with van der Waals surface area (Å²) in [6.07, 6.45) is 3.86. The average molecular weight is 562 g/mol. The van der Waals surface area contributed by atoms with Gasteiger partial charge in [0.2, 0.25) is 0 Å². The lowest BCUT2D eigenvalue weighted by Crippen LogP contribution is -1.94. The van der Waals surface area contributed by atoms with E-state index in [4.69, 9.17) is 0 Å². The molecule has 0 aliphatic rings. The standard InChI is InChI=1S/C41H27N3/c1-3-9-28(10-4-1)29-15-19-33(20-16-29)44-38-14-8-7-13-34(38)35-21-17-31(26-41(35)44)30-18-22-39-36(25-30)37-27-42-24-23-40(37)43(39)32-11-5-2-6-12-32/h1-27H. The minimum atomic E-state index is 1.15. The van der Waals surface area contributed by atoms with Crippen LogP contribution in [0.5, 0.6) is 0 Å². The Morgan fingerprint density at radius 2 is 0.909 bits per heavy atom. The number of benzene rings is 6. The van der Waals surface area contributed by atoms with Crippen molar-refractivity contribution in [3.8, 4) is 33.6 Å². The Morgan fingerprint density at radius 1 is 0.341 bits per heavy atom. The van der Waals surface area contributed by atoms with Gasteiger partial charge in [-0.2, -0.15) is 0 Å². The Morgan fingerprint density at radius 3 is 1.75 bits per heavy atom. The van der Waals surface area contributed by atoms with Crippen LogP contribution in [0.4, 0.5) is 0 Å². The van der Waals surface area contributed by atoms with E-state index in [2.05, 4.69) is 166 Å². The molecule has 0 N–H and O–H groups in total. The summed E-state index contributed by atoms with van der Waals surface area (Å²) in [6.45, 7) is 0. The Hall–Kier alpha value is -5.93. The minimum absolute atomic E-state index is 1.15. The second-order valence-electron chi connectivity index (χ2n) is 11.3. The lowest BCUT2D eigenvalue weighted by Gasteiger charge is -2.11. The summed E-state index contributed by atoms with van der Waals surface area (Å²) in [4.78, 5) is 4.49. The van der Waals surface area contributed by atoms with Crippen LogP contribution in [0.25, 0.3) is 77.2 Å². The molecule has 0 aliphatic heterocycles. The lowest BCUT2D eigenvalue weighted by atomic mass is 10.0. The van der Waals surface area contributed by atoms with Gasteiger partial charge in [0.1, 0.15) is 0 Å². The van der Waals surface area contributed by atoms with Crippen molar-refractivity contribution in [2.75, 3.05) is 0 Å². The van der Waals surface area contributed by atoms with Crippen LogP contribution in [-0.2, 0) is 0 Å². The molecule has 3 heterocycles. The van der Waals surface area contributed by atoms with Gasteiger partial charge in [0.15, 0.2) is 0 Å². The molecule has 0 spiro atoms. The molecule has 0 aliphatic carbocycles. The Bertz CT molecular complexity index is 2470. The number of hydrogen-bond acceptors (Lipinski definition) is 1. The monoisotopic (exact) mass is 561 g/mol. The number of rotatable bonds is 4. The highest BCUT2D eigenvalue weighted by Gasteiger charge is 2.16. The van der Waals surface area contributed by atoms with Crippen LogP contribution >= 0.6 is 0 Å². The van der Waals surface area contributed by atoms with Crippen LogP contribution < -0.4 is 0 Å². The van der Waals surface area contributed by atoms with Gasteiger partial charge < -0.3 is 9.13 Å². The third-order valence-electron chi connectivity index (χ3n) is 8.82. The maximum absolute atomic E-state index is 4.49. The lowest BCUT2D eigenvalue weighted by molar-refractivity contribution is 1.17. The van der Waals surface area contributed by atoms with E-state index in [0.717, 1.165) is 22.3 Å². The summed E-state index contributed by atoms with van der Waals surface area (Å²) in [5.74, 6) is 0. The first-order valence-electron chi connectivity index (χ1n) is 15.0. The van der Waals surface area contributed by atoms with Gasteiger partial charge in [-0.1, -0.05) is 97.1 Å². The van der Waals surface area contributed by atoms with E-state index in [9.17, 15) is 0 Å². The van der Waals surface area contributed by atoms with E-state index in [1.165, 1.54) is 55.0 Å². The number of aromatic nitrogens is 3. The zero-order valence-corrected chi connectivity index (χ0v) is 23.9. The highest BCUT2D eigenvalue weighted by molar-refractivity contribution is 6.12. The molecule has 0 bridgehead atoms. The molecular formula is C41H27N3. The fraction of sp³-hybridized carbons (Fsp3) is 0. The Labute approximate surface area is 254 Å². The first-order valence-corrected chi connectivity index (χ1v) is 15.0. The second kappa shape index (κ2) is 9.82. The van der Waals surface area contributed by atoms with Crippen LogP contribution in [0.2, 0.25) is 0 Å². The molecule has 3 nitrogen and oxygen atoms in total. The van der Waals surface area contributed by atoms with Gasteiger partial charge in [0.25, 0.3) is 0 Å². The minimum Gasteiger partial charge on any atom is -0.309 e. The first kappa shape index (κ1) is 24.6. The van der Waals surface area contributed by atoms with Gasteiger partial charge in [0.05, 0.1) is 22.1 Å². The molecule has 206 valence electrons. The highest BCUT2D eigenvalue weighted by atomic mass is 15.0. The van der Waals surface area contributed by atoms with Gasteiger partial charge in [-0.3, -0.25) is 4.98 Å². The van der Waals surface area contributed by atoms with E-state index < -0.39 is 0 Å². The first-order chi connectivity index (χ1) is 21.8. The summed E-state index contributed by atoms with van der Waals surface area (Å²) in [5, 5.41) is 4.87. The van der Waals surface area contributed by atoms with E-state index in [1.807, 2.05) is 12.4 Å². The summed E-state index contributed by atoms with van der Waals surface area (Å²) < 4.78 is 4.73. The fourth-order valence-corrected chi connectivity index (χ4v) is 6.76. The Kier molecular flexibility index (Phi) is 5.50. The molecule has 0 saturated heterocycles. The second-order valence-corrected chi connectivity index (χ2v) is 11.3. The van der Waals surface area contributed by atoms with Crippen molar-refractivity contribution >= 4 is 43.6 Å². The van der Waals surface area contributed by atoms with Crippen molar-refractivity contribution < 1.29 is 0 Å². The van der Waals surface area contributed by atoms with Gasteiger partial charge in [-0.15, -0.1) is 0 Å². The van der Waals surface area contributed by atoms with Crippen molar-refractivity contribution in [2.45, 2.75) is 0 Å². The van der Waals surface area contributed by atoms with Crippen LogP contribution in [-0.4, -0.2) is 14.1 Å². The number of pyridine rings is 1. The maximum Gasteiger partial charge on any atom is 0.0571 e. The molecule has 0 unspecified atom stereocenters. The van der Waals surface area contributed by atoms with E-state index in [1.54, 1.807) is 0 Å². The SMILES string of the molecule is c1ccc(-c2ccc(-n3c4ccccc4c4ccc(-c5ccc6c(c5)c5cnccc5n6-c5ccccc5)cc43)cc2)cc1. The topological polar surface area (TPSA) is 22.8 Å². The van der Waals surface area contributed by atoms with Crippen molar-refractivity contribution in [1.82, 2.24) is 14.1 Å². The number of fused-ring (bicyclic) bond motifs is 6. The molecule has 3 aromatic heterocycles.